The lowest BCUT2D eigenvalue weighted by Crippen LogP contribution is -2.74. The number of hydrogen-bond acceptors (Lipinski definition) is 5. The molecule has 2 atom stereocenters. The number of hydrogen-bond donors (Lipinski definition) is 0. The van der Waals surface area contributed by atoms with Gasteiger partial charge in [0.1, 0.15) is 6.04 Å². The number of benzene rings is 1. The Hall–Kier alpha value is -1.74. The Balaban J connectivity index is 0.000000275. The van der Waals surface area contributed by atoms with Gasteiger partial charge in [0.25, 0.3) is 5.91 Å². The van der Waals surface area contributed by atoms with Crippen LogP contribution in [0.3, 0.4) is 0 Å². The molecule has 216 valence electrons. The molecule has 0 radical (unpaired) electrons. The van der Waals surface area contributed by atoms with Crippen molar-refractivity contribution >= 4 is 22.3 Å². The van der Waals surface area contributed by atoms with Crippen LogP contribution in [-0.4, -0.2) is 72.1 Å². The standard InChI is InChI=1S/C16H36N.C14H15NO5S/c1-5-9-13-17(14-10-6-2,15-11-7-3)16-12-8-4;16-13-14(9-4-10-20-14)12(15(13)21(17,18)19)8-7-11-5-2-1-3-6-11/h5-16H2,1-4H3;1-3,5-8,12H,4,9-10H2,(H,17,18,19)/q+1;/p-1/b;8-7+/t;12-,14+/m.1/s1. The number of quaternary nitrogens is 1. The topological polar surface area (TPSA) is 86.7 Å². The van der Waals surface area contributed by atoms with Crippen molar-refractivity contribution in [2.75, 3.05) is 32.8 Å². The Kier molecular flexibility index (Phi) is 13.5. The predicted molar refractivity (Wildman–Crippen MR) is 153 cm³/mol. The molecular formula is C30H50N2O5S. The molecule has 1 spiro atoms. The summed E-state index contributed by atoms with van der Waals surface area (Å²) in [7, 11) is -4.83. The minimum atomic E-state index is -4.83. The van der Waals surface area contributed by atoms with Gasteiger partial charge in [0.15, 0.2) is 15.9 Å². The molecular weight excluding hydrogens is 500 g/mol. The van der Waals surface area contributed by atoms with Gasteiger partial charge in [-0.05, 0) is 44.1 Å². The third-order valence-electron chi connectivity index (χ3n) is 7.80. The zero-order valence-corrected chi connectivity index (χ0v) is 24.9. The van der Waals surface area contributed by atoms with Gasteiger partial charge < -0.3 is 13.8 Å². The van der Waals surface area contributed by atoms with E-state index in [-0.39, 0.29) is 0 Å². The molecule has 2 aliphatic heterocycles. The number of nitrogens with zero attached hydrogens (tertiary/aromatic N) is 2. The first-order valence-electron chi connectivity index (χ1n) is 14.7. The number of ether oxygens (including phenoxy) is 1. The van der Waals surface area contributed by atoms with Crippen LogP contribution >= 0.6 is 0 Å². The number of carbonyl (C=O) groups is 1. The molecule has 0 bridgehead atoms. The van der Waals surface area contributed by atoms with E-state index in [0.29, 0.717) is 23.8 Å². The second kappa shape index (κ2) is 15.8. The van der Waals surface area contributed by atoms with Gasteiger partial charge in [0.2, 0.25) is 0 Å². The molecule has 2 aliphatic rings. The predicted octanol–water partition coefficient (Wildman–Crippen LogP) is 5.92. The van der Waals surface area contributed by atoms with E-state index in [1.165, 1.54) is 82.0 Å². The van der Waals surface area contributed by atoms with Crippen LogP contribution in [-0.2, 0) is 19.8 Å². The summed E-state index contributed by atoms with van der Waals surface area (Å²) >= 11 is 0. The Labute approximate surface area is 231 Å². The lowest BCUT2D eigenvalue weighted by atomic mass is 9.82. The molecule has 1 amide bonds. The summed E-state index contributed by atoms with van der Waals surface area (Å²) in [5.41, 5.74) is -0.323. The Morgan fingerprint density at radius 3 is 1.84 bits per heavy atom. The summed E-state index contributed by atoms with van der Waals surface area (Å²) in [6.45, 7) is 15.4. The summed E-state index contributed by atoms with van der Waals surface area (Å²) in [6, 6.07) is 8.37. The molecule has 0 aliphatic carbocycles. The van der Waals surface area contributed by atoms with E-state index >= 15 is 0 Å². The number of β-lactam (4-membered cyclic amide) rings is 1. The highest BCUT2D eigenvalue weighted by Gasteiger charge is 2.64. The van der Waals surface area contributed by atoms with Crippen LogP contribution < -0.4 is 0 Å². The molecule has 1 aromatic carbocycles. The summed E-state index contributed by atoms with van der Waals surface area (Å²) in [6.07, 6.45) is 15.4. The zero-order chi connectivity index (χ0) is 28.1. The zero-order valence-electron chi connectivity index (χ0n) is 24.1. The second-order valence-electron chi connectivity index (χ2n) is 10.8. The third kappa shape index (κ3) is 8.63. The van der Waals surface area contributed by atoms with E-state index in [1.54, 1.807) is 12.2 Å². The Morgan fingerprint density at radius 1 is 0.947 bits per heavy atom. The minimum Gasteiger partial charge on any atom is -0.731 e. The molecule has 0 unspecified atom stereocenters. The quantitative estimate of drug-likeness (QED) is 0.154. The van der Waals surface area contributed by atoms with Gasteiger partial charge in [-0.25, -0.2) is 12.7 Å². The number of rotatable bonds is 15. The molecule has 0 saturated carbocycles. The SMILES string of the molecule is CCCC[N+](CCCC)(CCCC)CCCC.O=C1N(S(=O)(=O)[O-])[C@H](/C=C/c2ccccc2)[C@@]12CCCO2. The molecule has 0 N–H and O–H groups in total. The van der Waals surface area contributed by atoms with E-state index in [9.17, 15) is 17.8 Å². The molecule has 8 heteroatoms. The lowest BCUT2D eigenvalue weighted by molar-refractivity contribution is -0.929. The number of unbranched alkanes of at least 4 members (excludes halogenated alkanes) is 4. The van der Waals surface area contributed by atoms with Crippen molar-refractivity contribution in [3.05, 3.63) is 42.0 Å². The van der Waals surface area contributed by atoms with Crippen molar-refractivity contribution in [3.8, 4) is 0 Å². The van der Waals surface area contributed by atoms with Gasteiger partial charge in [0.05, 0.1) is 26.2 Å². The minimum absolute atomic E-state index is 0.373. The fourth-order valence-electron chi connectivity index (χ4n) is 5.51. The van der Waals surface area contributed by atoms with Gasteiger partial charge in [0, 0.05) is 6.61 Å². The van der Waals surface area contributed by atoms with E-state index in [2.05, 4.69) is 27.7 Å². The molecule has 7 nitrogen and oxygen atoms in total. The van der Waals surface area contributed by atoms with Crippen molar-refractivity contribution in [2.45, 2.75) is 104 Å². The number of amides is 1. The van der Waals surface area contributed by atoms with Crippen molar-refractivity contribution in [1.29, 1.82) is 0 Å². The van der Waals surface area contributed by atoms with E-state index < -0.39 is 27.9 Å². The smallest absolute Gasteiger partial charge is 0.270 e. The summed E-state index contributed by atoms with van der Waals surface area (Å²) in [4.78, 5) is 12.0. The summed E-state index contributed by atoms with van der Waals surface area (Å²) in [5, 5.41) is 0. The van der Waals surface area contributed by atoms with Crippen LogP contribution in [0.5, 0.6) is 0 Å². The van der Waals surface area contributed by atoms with Crippen molar-refractivity contribution < 1.29 is 27.0 Å². The van der Waals surface area contributed by atoms with Crippen LogP contribution in [0, 0.1) is 0 Å². The number of carbonyl (C=O) groups excluding carboxylic acids is 1. The fourth-order valence-corrected chi connectivity index (χ4v) is 6.39. The molecule has 2 heterocycles. The van der Waals surface area contributed by atoms with E-state index in [1.807, 2.05) is 30.3 Å². The van der Waals surface area contributed by atoms with Crippen LogP contribution in [0.25, 0.3) is 6.08 Å². The largest absolute Gasteiger partial charge is 0.731 e. The van der Waals surface area contributed by atoms with Crippen LogP contribution in [0.1, 0.15) is 97.5 Å². The maximum Gasteiger partial charge on any atom is 0.270 e. The van der Waals surface area contributed by atoms with Crippen LogP contribution in [0.15, 0.2) is 36.4 Å². The van der Waals surface area contributed by atoms with Crippen LogP contribution in [0.2, 0.25) is 0 Å². The van der Waals surface area contributed by atoms with Gasteiger partial charge in [-0.2, -0.15) is 0 Å². The second-order valence-corrected chi connectivity index (χ2v) is 12.0. The third-order valence-corrected chi connectivity index (χ3v) is 8.67. The highest BCUT2D eigenvalue weighted by molar-refractivity contribution is 7.84. The molecule has 3 rings (SSSR count). The Bertz CT molecular complexity index is 921. The lowest BCUT2D eigenvalue weighted by Gasteiger charge is -2.52. The molecule has 0 aromatic heterocycles. The first kappa shape index (κ1) is 32.5. The van der Waals surface area contributed by atoms with Crippen molar-refractivity contribution in [3.63, 3.8) is 0 Å². The monoisotopic (exact) mass is 550 g/mol. The highest BCUT2D eigenvalue weighted by atomic mass is 32.2. The molecule has 2 saturated heterocycles. The normalized spacial score (nSPS) is 21.6. The summed E-state index contributed by atoms with van der Waals surface area (Å²) in [5.74, 6) is -0.752. The molecule has 38 heavy (non-hydrogen) atoms. The van der Waals surface area contributed by atoms with Gasteiger partial charge >= 0.3 is 0 Å². The first-order valence-corrected chi connectivity index (χ1v) is 16.1. The molecule has 2 fully saturated rings. The van der Waals surface area contributed by atoms with Crippen LogP contribution in [0.4, 0.5) is 0 Å². The summed E-state index contributed by atoms with van der Waals surface area (Å²) < 4.78 is 41.0. The van der Waals surface area contributed by atoms with Gasteiger partial charge in [-0.1, -0.05) is 95.9 Å². The maximum atomic E-state index is 12.0. The van der Waals surface area contributed by atoms with E-state index in [0.717, 1.165) is 5.56 Å². The highest BCUT2D eigenvalue weighted by Crippen LogP contribution is 2.44. The average molecular weight is 551 g/mol. The average Bonchev–Trinajstić information content (AvgIpc) is 3.43. The fraction of sp³-hybridized carbons (Fsp3) is 0.700. The molecule has 1 aromatic rings. The first-order chi connectivity index (χ1) is 18.2. The van der Waals surface area contributed by atoms with Crippen molar-refractivity contribution in [2.24, 2.45) is 0 Å². The van der Waals surface area contributed by atoms with Crippen molar-refractivity contribution in [1.82, 2.24) is 4.31 Å². The Morgan fingerprint density at radius 2 is 1.45 bits per heavy atom. The van der Waals surface area contributed by atoms with E-state index in [4.69, 9.17) is 4.74 Å². The maximum absolute atomic E-state index is 12.0. The van der Waals surface area contributed by atoms with Gasteiger partial charge in [-0.15, -0.1) is 0 Å². The van der Waals surface area contributed by atoms with Gasteiger partial charge in [-0.3, -0.25) is 4.79 Å².